The largest absolute Gasteiger partial charge is 0.435 e. The molecule has 5 heteroatoms. The van der Waals surface area contributed by atoms with E-state index in [1.54, 1.807) is 11.3 Å². The van der Waals surface area contributed by atoms with Crippen molar-refractivity contribution in [1.82, 2.24) is 4.98 Å². The SMILES string of the molecule is Clc1cccc(CNc2ccc3oc(-c4cccs4)nc3c2)c1. The zero-order valence-electron chi connectivity index (χ0n) is 12.1. The zero-order chi connectivity index (χ0) is 15.6. The Hall–Kier alpha value is -2.30. The molecular formula is C18H13ClN2OS. The average molecular weight is 341 g/mol. The number of halogens is 1. The van der Waals surface area contributed by atoms with Gasteiger partial charge in [0.05, 0.1) is 4.88 Å². The Kier molecular flexibility index (Phi) is 3.77. The first-order valence-electron chi connectivity index (χ1n) is 7.21. The Labute approximate surface area is 142 Å². The highest BCUT2D eigenvalue weighted by Crippen LogP contribution is 2.29. The van der Waals surface area contributed by atoms with E-state index >= 15 is 0 Å². The summed E-state index contributed by atoms with van der Waals surface area (Å²) in [5.74, 6) is 0.669. The maximum absolute atomic E-state index is 6.01. The van der Waals surface area contributed by atoms with E-state index in [0.29, 0.717) is 12.4 Å². The second kappa shape index (κ2) is 6.07. The van der Waals surface area contributed by atoms with Gasteiger partial charge in [-0.15, -0.1) is 11.3 Å². The lowest BCUT2D eigenvalue weighted by molar-refractivity contribution is 0.621. The van der Waals surface area contributed by atoms with E-state index in [1.165, 1.54) is 0 Å². The fourth-order valence-electron chi connectivity index (χ4n) is 2.39. The van der Waals surface area contributed by atoms with Crippen LogP contribution in [0, 0.1) is 0 Å². The summed E-state index contributed by atoms with van der Waals surface area (Å²) in [5, 5.41) is 6.15. The van der Waals surface area contributed by atoms with Gasteiger partial charge in [0.2, 0.25) is 5.89 Å². The summed E-state index contributed by atoms with van der Waals surface area (Å²) in [5.41, 5.74) is 3.78. The molecule has 114 valence electrons. The average Bonchev–Trinajstić information content (AvgIpc) is 3.21. The second-order valence-electron chi connectivity index (χ2n) is 5.16. The number of oxazole rings is 1. The van der Waals surface area contributed by atoms with Gasteiger partial charge in [-0.1, -0.05) is 29.8 Å². The molecule has 3 nitrogen and oxygen atoms in total. The summed E-state index contributed by atoms with van der Waals surface area (Å²) < 4.78 is 5.80. The van der Waals surface area contributed by atoms with E-state index in [0.717, 1.165) is 32.3 Å². The van der Waals surface area contributed by atoms with Gasteiger partial charge < -0.3 is 9.73 Å². The summed E-state index contributed by atoms with van der Waals surface area (Å²) in [6, 6.07) is 17.8. The Balaban J connectivity index is 1.56. The molecule has 4 rings (SSSR count). The van der Waals surface area contributed by atoms with Crippen LogP contribution < -0.4 is 5.32 Å². The zero-order valence-corrected chi connectivity index (χ0v) is 13.7. The molecular weight excluding hydrogens is 328 g/mol. The fourth-order valence-corrected chi connectivity index (χ4v) is 3.26. The number of rotatable bonds is 4. The maximum atomic E-state index is 6.01. The highest BCUT2D eigenvalue weighted by molar-refractivity contribution is 7.13. The second-order valence-corrected chi connectivity index (χ2v) is 6.55. The lowest BCUT2D eigenvalue weighted by atomic mass is 10.2. The topological polar surface area (TPSA) is 38.1 Å². The van der Waals surface area contributed by atoms with E-state index in [2.05, 4.69) is 10.3 Å². The Morgan fingerprint density at radius 1 is 1.09 bits per heavy atom. The fraction of sp³-hybridized carbons (Fsp3) is 0.0556. The lowest BCUT2D eigenvalue weighted by Crippen LogP contribution is -1.98. The van der Waals surface area contributed by atoms with Gasteiger partial charge in [0, 0.05) is 17.3 Å². The van der Waals surface area contributed by atoms with Gasteiger partial charge >= 0.3 is 0 Å². The van der Waals surface area contributed by atoms with Crippen molar-refractivity contribution in [3.8, 4) is 10.8 Å². The molecule has 2 aromatic carbocycles. The number of nitrogens with one attached hydrogen (secondary N) is 1. The predicted octanol–water partition coefficient (Wildman–Crippen LogP) is 5.82. The molecule has 4 aromatic rings. The van der Waals surface area contributed by atoms with Gasteiger partial charge in [0.1, 0.15) is 5.52 Å². The Morgan fingerprint density at radius 3 is 2.87 bits per heavy atom. The van der Waals surface area contributed by atoms with Gasteiger partial charge in [-0.25, -0.2) is 4.98 Å². The lowest BCUT2D eigenvalue weighted by Gasteiger charge is -2.06. The van der Waals surface area contributed by atoms with Gasteiger partial charge in [0.25, 0.3) is 0 Å². The van der Waals surface area contributed by atoms with Crippen LogP contribution in [0.2, 0.25) is 5.02 Å². The molecule has 0 spiro atoms. The number of thiophene rings is 1. The van der Waals surface area contributed by atoms with Crippen molar-refractivity contribution in [3.05, 3.63) is 70.6 Å². The van der Waals surface area contributed by atoms with Crippen molar-refractivity contribution in [1.29, 1.82) is 0 Å². The van der Waals surface area contributed by atoms with E-state index in [9.17, 15) is 0 Å². The Bertz CT molecular complexity index is 947. The van der Waals surface area contributed by atoms with Crippen LogP contribution >= 0.6 is 22.9 Å². The van der Waals surface area contributed by atoms with E-state index < -0.39 is 0 Å². The van der Waals surface area contributed by atoms with Crippen molar-refractivity contribution in [2.45, 2.75) is 6.54 Å². The number of anilines is 1. The number of hydrogen-bond acceptors (Lipinski definition) is 4. The first-order valence-corrected chi connectivity index (χ1v) is 8.46. The van der Waals surface area contributed by atoms with Crippen molar-refractivity contribution in [2.24, 2.45) is 0 Å². The third-order valence-corrected chi connectivity index (χ3v) is 4.60. The summed E-state index contributed by atoms with van der Waals surface area (Å²) in [4.78, 5) is 5.60. The molecule has 0 aliphatic heterocycles. The molecule has 1 N–H and O–H groups in total. The first-order chi connectivity index (χ1) is 11.3. The third-order valence-electron chi connectivity index (χ3n) is 3.51. The van der Waals surface area contributed by atoms with Crippen molar-refractivity contribution in [2.75, 3.05) is 5.32 Å². The van der Waals surface area contributed by atoms with Crippen LogP contribution in [0.5, 0.6) is 0 Å². The minimum Gasteiger partial charge on any atom is -0.435 e. The summed E-state index contributed by atoms with van der Waals surface area (Å²) in [6.45, 7) is 0.710. The normalized spacial score (nSPS) is 11.0. The number of benzene rings is 2. The summed E-state index contributed by atoms with van der Waals surface area (Å²) in [6.07, 6.45) is 0. The van der Waals surface area contributed by atoms with Crippen LogP contribution in [0.3, 0.4) is 0 Å². The van der Waals surface area contributed by atoms with Crippen LogP contribution in [0.1, 0.15) is 5.56 Å². The minimum absolute atomic E-state index is 0.669. The first kappa shape index (κ1) is 14.3. The molecule has 0 amide bonds. The number of nitrogens with zero attached hydrogens (tertiary/aromatic N) is 1. The predicted molar refractivity (Wildman–Crippen MR) is 96.1 cm³/mol. The smallest absolute Gasteiger partial charge is 0.237 e. The molecule has 0 saturated heterocycles. The number of fused-ring (bicyclic) bond motifs is 1. The van der Waals surface area contributed by atoms with Crippen LogP contribution in [0.25, 0.3) is 21.9 Å². The maximum Gasteiger partial charge on any atom is 0.237 e. The van der Waals surface area contributed by atoms with Crippen LogP contribution in [-0.2, 0) is 6.54 Å². The van der Waals surface area contributed by atoms with Crippen molar-refractivity contribution in [3.63, 3.8) is 0 Å². The standard InChI is InChI=1S/C18H13ClN2OS/c19-13-4-1-3-12(9-13)11-20-14-6-7-16-15(10-14)21-18(22-16)17-5-2-8-23-17/h1-10,20H,11H2. The number of hydrogen-bond donors (Lipinski definition) is 1. The molecule has 0 aliphatic rings. The molecule has 2 aromatic heterocycles. The monoisotopic (exact) mass is 340 g/mol. The van der Waals surface area contributed by atoms with Crippen molar-refractivity contribution >= 4 is 39.7 Å². The third kappa shape index (κ3) is 3.09. The van der Waals surface area contributed by atoms with Gasteiger partial charge in [0.15, 0.2) is 5.58 Å². The Morgan fingerprint density at radius 2 is 2.04 bits per heavy atom. The molecule has 2 heterocycles. The number of aromatic nitrogens is 1. The quantitative estimate of drug-likeness (QED) is 0.508. The van der Waals surface area contributed by atoms with Crippen molar-refractivity contribution < 1.29 is 4.42 Å². The highest BCUT2D eigenvalue weighted by Gasteiger charge is 2.09. The molecule has 0 saturated carbocycles. The van der Waals surface area contributed by atoms with E-state index in [-0.39, 0.29) is 0 Å². The molecule has 0 radical (unpaired) electrons. The van der Waals surface area contributed by atoms with Gasteiger partial charge in [-0.3, -0.25) is 0 Å². The van der Waals surface area contributed by atoms with Gasteiger partial charge in [-0.2, -0.15) is 0 Å². The van der Waals surface area contributed by atoms with E-state index in [1.807, 2.05) is 60.0 Å². The van der Waals surface area contributed by atoms with Crippen LogP contribution in [0.15, 0.2) is 64.4 Å². The van der Waals surface area contributed by atoms with Gasteiger partial charge in [-0.05, 0) is 47.3 Å². The molecule has 0 bridgehead atoms. The summed E-state index contributed by atoms with van der Waals surface area (Å²) >= 11 is 7.63. The molecule has 0 aliphatic carbocycles. The molecule has 23 heavy (non-hydrogen) atoms. The molecule has 0 fully saturated rings. The summed E-state index contributed by atoms with van der Waals surface area (Å²) in [7, 11) is 0. The van der Waals surface area contributed by atoms with Crippen LogP contribution in [-0.4, -0.2) is 4.98 Å². The minimum atomic E-state index is 0.669. The molecule has 0 atom stereocenters. The molecule has 0 unspecified atom stereocenters. The highest BCUT2D eigenvalue weighted by atomic mass is 35.5. The van der Waals surface area contributed by atoms with E-state index in [4.69, 9.17) is 16.0 Å². The van der Waals surface area contributed by atoms with Crippen LogP contribution in [0.4, 0.5) is 5.69 Å².